The van der Waals surface area contributed by atoms with Crippen molar-refractivity contribution in [2.75, 3.05) is 26.4 Å². The van der Waals surface area contributed by atoms with E-state index in [2.05, 4.69) is 170 Å². The largest absolute Gasteiger partial charge is 0.494 e. The minimum atomic E-state index is -0.601. The standard InChI is InChI=1S/C64H73BrO4S2/c1-5-9-13-17-38-66-50-29-21-46(22-30-50)63(47-23-31-51(32-24-47)67-39-18-14-10-6-2)56-37-42-70-61(56)54-43-58-55(44-57(54)63)62-59(45-60(65)71-62)64(58,48-25-33-52(34-26-48)68-40-19-15-11-7-3)49-27-35-53(36-28-49)69-41-20-16-12-8-4/h21-37,42-45H,5-20,38-41H2,1-4H3. The van der Waals surface area contributed by atoms with Crippen LogP contribution in [0.2, 0.25) is 0 Å². The molecular weight excluding hydrogens is 977 g/mol. The van der Waals surface area contributed by atoms with Crippen LogP contribution in [0.15, 0.2) is 130 Å². The molecule has 7 heteroatoms. The summed E-state index contributed by atoms with van der Waals surface area (Å²) in [7, 11) is 0. The maximum Gasteiger partial charge on any atom is 0.119 e. The molecule has 0 N–H and O–H groups in total. The zero-order chi connectivity index (χ0) is 49.0. The van der Waals surface area contributed by atoms with Crippen molar-refractivity contribution in [3.05, 3.63) is 175 Å². The van der Waals surface area contributed by atoms with Gasteiger partial charge in [-0.1, -0.05) is 153 Å². The third kappa shape index (κ3) is 10.5. The summed E-state index contributed by atoms with van der Waals surface area (Å²) in [4.78, 5) is 2.62. The topological polar surface area (TPSA) is 36.9 Å². The van der Waals surface area contributed by atoms with Crippen molar-refractivity contribution in [3.63, 3.8) is 0 Å². The summed E-state index contributed by atoms with van der Waals surface area (Å²) < 4.78 is 26.6. The molecule has 71 heavy (non-hydrogen) atoms. The van der Waals surface area contributed by atoms with Gasteiger partial charge in [0.25, 0.3) is 0 Å². The van der Waals surface area contributed by atoms with Crippen LogP contribution in [0.1, 0.15) is 175 Å². The van der Waals surface area contributed by atoms with E-state index in [1.54, 1.807) is 0 Å². The summed E-state index contributed by atoms with van der Waals surface area (Å²) in [5, 5.41) is 2.29. The predicted octanol–water partition coefficient (Wildman–Crippen LogP) is 19.1. The summed E-state index contributed by atoms with van der Waals surface area (Å²) in [6.07, 6.45) is 18.9. The second-order valence-electron chi connectivity index (χ2n) is 19.6. The fraction of sp³-hybridized carbons (Fsp3) is 0.406. The van der Waals surface area contributed by atoms with E-state index in [0.717, 1.165) is 78.9 Å². The molecule has 0 amide bonds. The second kappa shape index (κ2) is 24.3. The fourth-order valence-electron chi connectivity index (χ4n) is 11.2. The van der Waals surface area contributed by atoms with Crippen molar-refractivity contribution in [2.24, 2.45) is 0 Å². The van der Waals surface area contributed by atoms with Crippen molar-refractivity contribution in [2.45, 2.75) is 141 Å². The minimum Gasteiger partial charge on any atom is -0.494 e. The maximum absolute atomic E-state index is 6.37. The first-order chi connectivity index (χ1) is 35.0. The highest BCUT2D eigenvalue weighted by Gasteiger charge is 2.52. The van der Waals surface area contributed by atoms with Crippen LogP contribution in [-0.2, 0) is 10.8 Å². The Bertz CT molecular complexity index is 2650. The summed E-state index contributed by atoms with van der Waals surface area (Å²) in [6, 6.07) is 46.0. The average Bonchev–Trinajstić information content (AvgIpc) is 4.16. The number of thiophene rings is 2. The van der Waals surface area contributed by atoms with Gasteiger partial charge in [0.05, 0.1) is 41.0 Å². The highest BCUT2D eigenvalue weighted by Crippen LogP contribution is 2.65. The van der Waals surface area contributed by atoms with E-state index in [9.17, 15) is 0 Å². The van der Waals surface area contributed by atoms with Crippen LogP contribution in [-0.4, -0.2) is 26.4 Å². The molecule has 0 saturated carbocycles. The molecule has 9 rings (SSSR count). The van der Waals surface area contributed by atoms with E-state index >= 15 is 0 Å². The Morgan fingerprint density at radius 1 is 0.366 bits per heavy atom. The molecule has 2 aliphatic carbocycles. The molecule has 0 spiro atoms. The van der Waals surface area contributed by atoms with Crippen molar-refractivity contribution in [1.29, 1.82) is 0 Å². The van der Waals surface area contributed by atoms with Crippen molar-refractivity contribution in [3.8, 4) is 43.9 Å². The van der Waals surface area contributed by atoms with Crippen molar-refractivity contribution >= 4 is 38.6 Å². The molecule has 2 aromatic heterocycles. The molecule has 5 aromatic carbocycles. The number of halogens is 1. The molecule has 0 aliphatic heterocycles. The summed E-state index contributed by atoms with van der Waals surface area (Å²) in [6.45, 7) is 11.9. The number of rotatable bonds is 28. The van der Waals surface area contributed by atoms with Crippen LogP contribution >= 0.6 is 38.6 Å². The molecule has 2 aliphatic rings. The summed E-state index contributed by atoms with van der Waals surface area (Å²) in [5.41, 5.74) is 11.5. The number of benzene rings is 5. The van der Waals surface area contributed by atoms with E-state index in [1.807, 2.05) is 22.7 Å². The molecule has 0 atom stereocenters. The number of hydrogen-bond acceptors (Lipinski definition) is 6. The van der Waals surface area contributed by atoms with Crippen LogP contribution in [0.4, 0.5) is 0 Å². The van der Waals surface area contributed by atoms with E-state index in [1.165, 1.54) is 142 Å². The number of ether oxygens (including phenoxy) is 4. The number of fused-ring (bicyclic) bond motifs is 6. The van der Waals surface area contributed by atoms with Crippen LogP contribution in [0.3, 0.4) is 0 Å². The Balaban J connectivity index is 1.19. The zero-order valence-corrected chi connectivity index (χ0v) is 45.8. The molecule has 372 valence electrons. The van der Waals surface area contributed by atoms with Gasteiger partial charge in [0, 0.05) is 9.75 Å². The molecule has 0 radical (unpaired) electrons. The van der Waals surface area contributed by atoms with Crippen LogP contribution in [0, 0.1) is 0 Å². The first kappa shape index (κ1) is 51.1. The fourth-order valence-corrected chi connectivity index (χ4v) is 13.9. The lowest BCUT2D eigenvalue weighted by Crippen LogP contribution is -2.29. The highest BCUT2D eigenvalue weighted by molar-refractivity contribution is 9.11. The zero-order valence-electron chi connectivity index (χ0n) is 42.6. The molecular formula is C64H73BrO4S2. The molecule has 0 bridgehead atoms. The molecule has 7 aromatic rings. The highest BCUT2D eigenvalue weighted by atomic mass is 79.9. The van der Waals surface area contributed by atoms with E-state index in [0.29, 0.717) is 0 Å². The molecule has 0 saturated heterocycles. The Morgan fingerprint density at radius 2 is 0.704 bits per heavy atom. The number of hydrogen-bond donors (Lipinski definition) is 0. The Kier molecular flexibility index (Phi) is 17.5. The lowest BCUT2D eigenvalue weighted by molar-refractivity contribution is 0.304. The van der Waals surface area contributed by atoms with E-state index < -0.39 is 10.8 Å². The lowest BCUT2D eigenvalue weighted by atomic mass is 9.66. The molecule has 0 unspecified atom stereocenters. The van der Waals surface area contributed by atoms with Crippen molar-refractivity contribution < 1.29 is 18.9 Å². The predicted molar refractivity (Wildman–Crippen MR) is 303 cm³/mol. The third-order valence-corrected chi connectivity index (χ3v) is 17.5. The third-order valence-electron chi connectivity index (χ3n) is 14.8. The lowest BCUT2D eigenvalue weighted by Gasteiger charge is -2.35. The van der Waals surface area contributed by atoms with Gasteiger partial charge in [0.2, 0.25) is 0 Å². The summed E-state index contributed by atoms with van der Waals surface area (Å²) >= 11 is 7.72. The van der Waals surface area contributed by atoms with E-state index in [-0.39, 0.29) is 0 Å². The second-order valence-corrected chi connectivity index (χ2v) is 23.0. The van der Waals surface area contributed by atoms with Gasteiger partial charge in [-0.2, -0.15) is 0 Å². The van der Waals surface area contributed by atoms with Gasteiger partial charge in [-0.15, -0.1) is 22.7 Å². The molecule has 4 nitrogen and oxygen atoms in total. The maximum atomic E-state index is 6.37. The van der Waals surface area contributed by atoms with Crippen LogP contribution < -0.4 is 18.9 Å². The van der Waals surface area contributed by atoms with E-state index in [4.69, 9.17) is 18.9 Å². The van der Waals surface area contributed by atoms with Gasteiger partial charge < -0.3 is 18.9 Å². The van der Waals surface area contributed by atoms with Crippen LogP contribution in [0.25, 0.3) is 20.9 Å². The van der Waals surface area contributed by atoms with Gasteiger partial charge in [-0.3, -0.25) is 0 Å². The Hall–Kier alpha value is -4.82. The quantitative estimate of drug-likeness (QED) is 0.0458. The van der Waals surface area contributed by atoms with Gasteiger partial charge in [-0.05, 0) is 175 Å². The summed E-state index contributed by atoms with van der Waals surface area (Å²) in [5.74, 6) is 3.67. The SMILES string of the molecule is CCCCCCOc1ccc(C2(c3ccc(OCCCCCC)cc3)c3cc4c(cc3-c3sccc32)C(c2ccc(OCCCCCC)cc2)(c2ccc(OCCCCCC)cc2)c2cc(Br)sc2-4)cc1. The van der Waals surface area contributed by atoms with Gasteiger partial charge in [-0.25, -0.2) is 0 Å². The average molecular weight is 1050 g/mol. The smallest absolute Gasteiger partial charge is 0.119 e. The van der Waals surface area contributed by atoms with Crippen LogP contribution in [0.5, 0.6) is 23.0 Å². The minimum absolute atomic E-state index is 0.578. The monoisotopic (exact) mass is 1050 g/mol. The normalized spacial score (nSPS) is 13.6. The molecule has 0 fully saturated rings. The van der Waals surface area contributed by atoms with Gasteiger partial charge in [0.15, 0.2) is 0 Å². The first-order valence-electron chi connectivity index (χ1n) is 27.0. The Morgan fingerprint density at radius 3 is 1.06 bits per heavy atom. The van der Waals surface area contributed by atoms with Crippen molar-refractivity contribution in [1.82, 2.24) is 0 Å². The van der Waals surface area contributed by atoms with Gasteiger partial charge >= 0.3 is 0 Å². The van der Waals surface area contributed by atoms with Gasteiger partial charge in [0.1, 0.15) is 23.0 Å². The first-order valence-corrected chi connectivity index (χ1v) is 29.5. The molecule has 2 heterocycles. The Labute approximate surface area is 441 Å². The number of unbranched alkanes of at least 4 members (excludes halogenated alkanes) is 12.